The zero-order valence-corrected chi connectivity index (χ0v) is 12.0. The highest BCUT2D eigenvalue weighted by Crippen LogP contribution is 2.15. The predicted molar refractivity (Wildman–Crippen MR) is 71.8 cm³/mol. The molecule has 7 nitrogen and oxygen atoms in total. The van der Waals surface area contributed by atoms with E-state index in [4.69, 9.17) is 5.11 Å². The van der Waals surface area contributed by atoms with E-state index in [1.807, 2.05) is 11.6 Å². The third kappa shape index (κ3) is 4.80. The van der Waals surface area contributed by atoms with Gasteiger partial charge in [0.05, 0.1) is 12.1 Å². The molecule has 0 aromatic heterocycles. The van der Waals surface area contributed by atoms with Gasteiger partial charge in [0, 0.05) is 6.54 Å². The smallest absolute Gasteiger partial charge is 0.335 e. The van der Waals surface area contributed by atoms with Gasteiger partial charge in [-0.25, -0.2) is 22.3 Å². The maximum Gasteiger partial charge on any atom is 0.335 e. The largest absolute Gasteiger partial charge is 0.478 e. The number of halogens is 1. The van der Waals surface area contributed by atoms with Crippen molar-refractivity contribution in [3.8, 4) is 0 Å². The van der Waals surface area contributed by atoms with E-state index in [-0.39, 0.29) is 5.56 Å². The summed E-state index contributed by atoms with van der Waals surface area (Å²) < 4.78 is 39.3. The highest BCUT2D eigenvalue weighted by Gasteiger charge is 2.21. The van der Waals surface area contributed by atoms with Crippen molar-refractivity contribution >= 4 is 21.9 Å². The van der Waals surface area contributed by atoms with Crippen LogP contribution in [0.4, 0.5) is 4.39 Å². The number of carbonyl (C=O) groups excluding carboxylic acids is 1. The summed E-state index contributed by atoms with van der Waals surface area (Å²) in [6, 6.07) is 2.41. The molecule has 3 N–H and O–H groups in total. The van der Waals surface area contributed by atoms with Gasteiger partial charge in [0.1, 0.15) is 10.7 Å². The highest BCUT2D eigenvalue weighted by atomic mass is 32.2. The van der Waals surface area contributed by atoms with Crippen molar-refractivity contribution in [2.75, 3.05) is 13.1 Å². The molecule has 0 saturated heterocycles. The van der Waals surface area contributed by atoms with Gasteiger partial charge < -0.3 is 10.4 Å². The number of hydrogen-bond acceptors (Lipinski definition) is 4. The van der Waals surface area contributed by atoms with Crippen molar-refractivity contribution in [3.63, 3.8) is 0 Å². The summed E-state index contributed by atoms with van der Waals surface area (Å²) in [5, 5.41) is 11.1. The molecule has 1 aromatic rings. The van der Waals surface area contributed by atoms with Crippen LogP contribution in [0.5, 0.6) is 0 Å². The molecule has 0 aliphatic carbocycles. The number of hydrogen-bond donors (Lipinski definition) is 3. The van der Waals surface area contributed by atoms with E-state index in [0.29, 0.717) is 19.0 Å². The van der Waals surface area contributed by atoms with Crippen molar-refractivity contribution in [1.82, 2.24) is 10.0 Å². The van der Waals surface area contributed by atoms with E-state index in [1.165, 1.54) is 0 Å². The number of carboxylic acids is 1. The van der Waals surface area contributed by atoms with Gasteiger partial charge >= 0.3 is 5.97 Å². The Morgan fingerprint density at radius 1 is 1.33 bits per heavy atom. The lowest BCUT2D eigenvalue weighted by atomic mass is 10.2. The first-order valence-corrected chi connectivity index (χ1v) is 7.55. The van der Waals surface area contributed by atoms with E-state index in [0.717, 1.165) is 12.1 Å². The molecule has 0 heterocycles. The van der Waals surface area contributed by atoms with Crippen molar-refractivity contribution in [1.29, 1.82) is 0 Å². The second kappa shape index (κ2) is 7.14. The average molecular weight is 318 g/mol. The van der Waals surface area contributed by atoms with Gasteiger partial charge in [-0.2, -0.15) is 0 Å². The zero-order valence-electron chi connectivity index (χ0n) is 11.2. The number of rotatable bonds is 7. The molecule has 1 rings (SSSR count). The first kappa shape index (κ1) is 17.1. The van der Waals surface area contributed by atoms with Gasteiger partial charge in [0.2, 0.25) is 15.9 Å². The number of nitrogens with one attached hydrogen (secondary N) is 2. The van der Waals surface area contributed by atoms with Gasteiger partial charge in [0.15, 0.2) is 0 Å². The van der Waals surface area contributed by atoms with Crippen molar-refractivity contribution in [2.24, 2.45) is 0 Å². The van der Waals surface area contributed by atoms with Crippen molar-refractivity contribution in [3.05, 3.63) is 29.6 Å². The molecule has 21 heavy (non-hydrogen) atoms. The number of aromatic carboxylic acids is 1. The number of amides is 1. The Balaban J connectivity index is 2.84. The molecule has 0 bridgehead atoms. The second-order valence-electron chi connectivity index (χ2n) is 4.12. The van der Waals surface area contributed by atoms with Gasteiger partial charge in [0.25, 0.3) is 0 Å². The van der Waals surface area contributed by atoms with Crippen LogP contribution in [-0.4, -0.2) is 38.5 Å². The molecule has 0 radical (unpaired) electrons. The molecular weight excluding hydrogens is 303 g/mol. The Morgan fingerprint density at radius 3 is 2.52 bits per heavy atom. The summed E-state index contributed by atoms with van der Waals surface area (Å²) in [6.07, 6.45) is 0.698. The summed E-state index contributed by atoms with van der Waals surface area (Å²) >= 11 is 0. The molecule has 1 amide bonds. The Labute approximate surface area is 121 Å². The SMILES string of the molecule is CCCNC(=O)CNS(=O)(=O)c1ccc(C(=O)O)cc1F. The molecular formula is C12H15FN2O5S. The Morgan fingerprint density at radius 2 is 2.00 bits per heavy atom. The first-order chi connectivity index (χ1) is 9.77. The minimum atomic E-state index is -4.23. The minimum Gasteiger partial charge on any atom is -0.478 e. The lowest BCUT2D eigenvalue weighted by Gasteiger charge is -2.08. The quantitative estimate of drug-likeness (QED) is 0.670. The fraction of sp³-hybridized carbons (Fsp3) is 0.333. The monoisotopic (exact) mass is 318 g/mol. The molecule has 0 aliphatic rings. The van der Waals surface area contributed by atoms with E-state index in [9.17, 15) is 22.4 Å². The molecule has 9 heteroatoms. The summed E-state index contributed by atoms with van der Waals surface area (Å²) in [6.45, 7) is 1.72. The maximum absolute atomic E-state index is 13.7. The molecule has 1 aromatic carbocycles. The predicted octanol–water partition coefficient (Wildman–Crippen LogP) is 0.328. The molecule has 0 fully saturated rings. The standard InChI is InChI=1S/C12H15FN2O5S/c1-2-5-14-11(16)7-15-21(19,20)10-4-3-8(12(17)18)6-9(10)13/h3-4,6,15H,2,5,7H2,1H3,(H,14,16)(H,17,18). The maximum atomic E-state index is 13.7. The summed E-state index contributed by atoms with van der Waals surface area (Å²) in [4.78, 5) is 21.2. The van der Waals surface area contributed by atoms with Gasteiger partial charge in [-0.15, -0.1) is 0 Å². The van der Waals surface area contributed by atoms with Crippen LogP contribution >= 0.6 is 0 Å². The van der Waals surface area contributed by atoms with E-state index in [2.05, 4.69) is 5.32 Å². The van der Waals surface area contributed by atoms with Gasteiger partial charge in [-0.3, -0.25) is 4.79 Å². The highest BCUT2D eigenvalue weighted by molar-refractivity contribution is 7.89. The van der Waals surface area contributed by atoms with Crippen LogP contribution in [0.15, 0.2) is 23.1 Å². The van der Waals surface area contributed by atoms with Crippen LogP contribution < -0.4 is 10.0 Å². The van der Waals surface area contributed by atoms with E-state index in [1.54, 1.807) is 0 Å². The van der Waals surface area contributed by atoms with Crippen LogP contribution in [-0.2, 0) is 14.8 Å². The Bertz CT molecular complexity index is 645. The summed E-state index contributed by atoms with van der Waals surface area (Å²) in [5.74, 6) is -3.11. The average Bonchev–Trinajstić information content (AvgIpc) is 2.42. The van der Waals surface area contributed by atoms with Crippen LogP contribution in [0.2, 0.25) is 0 Å². The fourth-order valence-corrected chi connectivity index (χ4v) is 2.46. The number of carbonyl (C=O) groups is 2. The van der Waals surface area contributed by atoms with Crippen molar-refractivity contribution < 1.29 is 27.5 Å². The topological polar surface area (TPSA) is 113 Å². The van der Waals surface area contributed by atoms with Crippen LogP contribution in [0, 0.1) is 5.82 Å². The fourth-order valence-electron chi connectivity index (χ4n) is 1.42. The lowest BCUT2D eigenvalue weighted by Crippen LogP contribution is -2.37. The zero-order chi connectivity index (χ0) is 16.0. The van der Waals surface area contributed by atoms with Gasteiger partial charge in [-0.1, -0.05) is 6.92 Å². The minimum absolute atomic E-state index is 0.368. The van der Waals surface area contributed by atoms with E-state index >= 15 is 0 Å². The Hall–Kier alpha value is -2.00. The molecule has 0 aliphatic heterocycles. The Kier molecular flexibility index (Phi) is 5.79. The van der Waals surface area contributed by atoms with Crippen molar-refractivity contribution in [2.45, 2.75) is 18.2 Å². The third-order valence-corrected chi connectivity index (χ3v) is 3.90. The third-order valence-electron chi connectivity index (χ3n) is 2.46. The summed E-state index contributed by atoms with van der Waals surface area (Å²) in [5.41, 5.74) is -0.368. The van der Waals surface area contributed by atoms with Gasteiger partial charge in [-0.05, 0) is 24.6 Å². The number of benzene rings is 1. The van der Waals surface area contributed by atoms with E-state index < -0.39 is 39.2 Å². The molecule has 0 unspecified atom stereocenters. The molecule has 0 atom stereocenters. The number of sulfonamides is 1. The molecule has 0 spiro atoms. The van der Waals surface area contributed by atoms with Crippen LogP contribution in [0.25, 0.3) is 0 Å². The summed E-state index contributed by atoms with van der Waals surface area (Å²) in [7, 11) is -4.23. The normalized spacial score (nSPS) is 11.1. The lowest BCUT2D eigenvalue weighted by molar-refractivity contribution is -0.119. The van der Waals surface area contributed by atoms with Crippen LogP contribution in [0.3, 0.4) is 0 Å². The molecule has 0 saturated carbocycles. The number of carboxylic acid groups (broad SMARTS) is 1. The second-order valence-corrected chi connectivity index (χ2v) is 5.86. The first-order valence-electron chi connectivity index (χ1n) is 6.07. The van der Waals surface area contributed by atoms with Crippen LogP contribution in [0.1, 0.15) is 23.7 Å². The molecule has 116 valence electrons.